The number of fused-ring (bicyclic) bond motifs is 1. The number of amides is 1. The lowest BCUT2D eigenvalue weighted by Gasteiger charge is -2.37. The zero-order valence-electron chi connectivity index (χ0n) is 13.5. The Morgan fingerprint density at radius 3 is 2.75 bits per heavy atom. The summed E-state index contributed by atoms with van der Waals surface area (Å²) in [5, 5.41) is 13.8. The number of hydrogen-bond donors (Lipinski definition) is 1. The van der Waals surface area contributed by atoms with E-state index in [1.54, 1.807) is 6.07 Å². The third kappa shape index (κ3) is 3.22. The van der Waals surface area contributed by atoms with Gasteiger partial charge >= 0.3 is 0 Å². The summed E-state index contributed by atoms with van der Waals surface area (Å²) in [6.45, 7) is 3.94. The highest BCUT2D eigenvalue weighted by molar-refractivity contribution is 5.95. The van der Waals surface area contributed by atoms with Gasteiger partial charge in [-0.05, 0) is 26.0 Å². The molecule has 1 N–H and O–H groups in total. The van der Waals surface area contributed by atoms with Crippen LogP contribution in [-0.4, -0.2) is 16.4 Å². The molecule has 1 aliphatic rings. The summed E-state index contributed by atoms with van der Waals surface area (Å²) in [4.78, 5) is 22.9. The number of nitrogens with one attached hydrogen (secondary N) is 1. The van der Waals surface area contributed by atoms with E-state index in [4.69, 9.17) is 4.74 Å². The minimum atomic E-state index is -0.510. The van der Waals surface area contributed by atoms with Crippen LogP contribution < -0.4 is 10.1 Å². The summed E-state index contributed by atoms with van der Waals surface area (Å²) >= 11 is 0. The van der Waals surface area contributed by atoms with Crippen molar-refractivity contribution in [2.24, 2.45) is 0 Å². The molecule has 1 aliphatic heterocycles. The minimum absolute atomic E-state index is 0.102. The van der Waals surface area contributed by atoms with Gasteiger partial charge in [0, 0.05) is 29.7 Å². The molecule has 0 spiro atoms. The average Bonchev–Trinajstić information content (AvgIpc) is 2.54. The summed E-state index contributed by atoms with van der Waals surface area (Å²) in [6, 6.07) is 13.1. The molecule has 0 radical (unpaired) electrons. The van der Waals surface area contributed by atoms with Gasteiger partial charge in [0.15, 0.2) is 0 Å². The number of non-ortho nitro benzene ring substituents is 1. The number of ether oxygens (including phenoxy) is 1. The monoisotopic (exact) mass is 326 g/mol. The summed E-state index contributed by atoms with van der Waals surface area (Å²) < 4.78 is 5.95. The third-order valence-electron chi connectivity index (χ3n) is 4.00. The molecule has 24 heavy (non-hydrogen) atoms. The van der Waals surface area contributed by atoms with Crippen molar-refractivity contribution in [3.63, 3.8) is 0 Å². The number of benzene rings is 2. The molecule has 1 heterocycles. The topological polar surface area (TPSA) is 81.5 Å². The molecule has 2 aromatic carbocycles. The molecule has 0 fully saturated rings. The molecule has 1 amide bonds. The smallest absolute Gasteiger partial charge is 0.270 e. The number of carbonyl (C=O) groups excluding carboxylic acids is 1. The predicted octanol–water partition coefficient (Wildman–Crippen LogP) is 3.63. The Balaban J connectivity index is 1.86. The molecule has 124 valence electrons. The fraction of sp³-hybridized carbons (Fsp3) is 0.278. The first-order valence-corrected chi connectivity index (χ1v) is 7.69. The summed E-state index contributed by atoms with van der Waals surface area (Å²) in [6.07, 6.45) is 0.616. The van der Waals surface area contributed by atoms with Gasteiger partial charge in [-0.1, -0.05) is 24.3 Å². The van der Waals surface area contributed by atoms with Crippen LogP contribution >= 0.6 is 0 Å². The number of nitro groups is 1. The third-order valence-corrected chi connectivity index (χ3v) is 4.00. The van der Waals surface area contributed by atoms with Crippen LogP contribution in [0.15, 0.2) is 48.5 Å². The molecule has 0 aliphatic carbocycles. The van der Waals surface area contributed by atoms with Crippen molar-refractivity contribution in [3.05, 3.63) is 69.8 Å². The highest BCUT2D eigenvalue weighted by Gasteiger charge is 2.34. The van der Waals surface area contributed by atoms with Gasteiger partial charge in [-0.25, -0.2) is 0 Å². The number of rotatable bonds is 3. The molecule has 2 aromatic rings. The second-order valence-corrected chi connectivity index (χ2v) is 6.44. The van der Waals surface area contributed by atoms with Crippen molar-refractivity contribution >= 4 is 11.6 Å². The van der Waals surface area contributed by atoms with Gasteiger partial charge in [0.2, 0.25) is 0 Å². The quantitative estimate of drug-likeness (QED) is 0.690. The summed E-state index contributed by atoms with van der Waals surface area (Å²) in [5.41, 5.74) is 0.673. The largest absolute Gasteiger partial charge is 0.487 e. The van der Waals surface area contributed by atoms with Crippen molar-refractivity contribution in [1.82, 2.24) is 5.32 Å². The van der Waals surface area contributed by atoms with E-state index in [1.807, 2.05) is 38.1 Å². The average molecular weight is 326 g/mol. The fourth-order valence-corrected chi connectivity index (χ4v) is 2.93. The number of para-hydroxylation sites is 1. The van der Waals surface area contributed by atoms with Crippen molar-refractivity contribution in [2.45, 2.75) is 31.9 Å². The summed E-state index contributed by atoms with van der Waals surface area (Å²) in [7, 11) is 0. The number of nitrogens with zero attached hydrogens (tertiary/aromatic N) is 1. The minimum Gasteiger partial charge on any atom is -0.487 e. The molecular formula is C18H18N2O4. The molecule has 0 unspecified atom stereocenters. The molecule has 6 heteroatoms. The van der Waals surface area contributed by atoms with Crippen LogP contribution in [0.25, 0.3) is 0 Å². The lowest BCUT2D eigenvalue weighted by atomic mass is 9.89. The lowest BCUT2D eigenvalue weighted by Crippen LogP contribution is -2.41. The van der Waals surface area contributed by atoms with E-state index in [2.05, 4.69) is 5.32 Å². The van der Waals surface area contributed by atoms with Crippen LogP contribution in [0, 0.1) is 10.1 Å². The Bertz CT molecular complexity index is 801. The molecule has 0 saturated heterocycles. The van der Waals surface area contributed by atoms with Crippen molar-refractivity contribution < 1.29 is 14.5 Å². The maximum absolute atomic E-state index is 12.5. The van der Waals surface area contributed by atoms with Crippen molar-refractivity contribution in [2.75, 3.05) is 0 Å². The first-order valence-electron chi connectivity index (χ1n) is 7.69. The highest BCUT2D eigenvalue weighted by Crippen LogP contribution is 2.39. The van der Waals surface area contributed by atoms with Gasteiger partial charge in [0.05, 0.1) is 11.0 Å². The number of carbonyl (C=O) groups is 1. The second kappa shape index (κ2) is 5.96. The van der Waals surface area contributed by atoms with Crippen LogP contribution in [0.1, 0.15) is 42.2 Å². The second-order valence-electron chi connectivity index (χ2n) is 6.44. The van der Waals surface area contributed by atoms with E-state index in [9.17, 15) is 14.9 Å². The Morgan fingerprint density at radius 1 is 1.25 bits per heavy atom. The Labute approximate surface area is 139 Å². The van der Waals surface area contributed by atoms with E-state index < -0.39 is 10.5 Å². The van der Waals surface area contributed by atoms with Crippen LogP contribution in [0.2, 0.25) is 0 Å². The molecule has 6 nitrogen and oxygen atoms in total. The van der Waals surface area contributed by atoms with Gasteiger partial charge in [-0.3, -0.25) is 14.9 Å². The number of nitro benzene ring substituents is 1. The summed E-state index contributed by atoms with van der Waals surface area (Å²) in [5.74, 6) is 0.411. The molecule has 1 atom stereocenters. The Hall–Kier alpha value is -2.89. The molecule has 0 bridgehead atoms. The maximum Gasteiger partial charge on any atom is 0.270 e. The van der Waals surface area contributed by atoms with E-state index in [0.29, 0.717) is 6.42 Å². The van der Waals surface area contributed by atoms with Gasteiger partial charge in [0.1, 0.15) is 11.4 Å². The van der Waals surface area contributed by atoms with E-state index in [1.165, 1.54) is 18.2 Å². The van der Waals surface area contributed by atoms with Gasteiger partial charge in [0.25, 0.3) is 11.6 Å². The standard InChI is InChI=1S/C18H18N2O4/c1-18(2)11-15(14-8-3-4-9-16(14)24-18)19-17(21)12-6-5-7-13(10-12)20(22)23/h3-10,15H,11H2,1-2H3,(H,19,21)/t15-/m0/s1. The highest BCUT2D eigenvalue weighted by atomic mass is 16.6. The van der Waals surface area contributed by atoms with Gasteiger partial charge in [-0.2, -0.15) is 0 Å². The lowest BCUT2D eigenvalue weighted by molar-refractivity contribution is -0.384. The number of hydrogen-bond acceptors (Lipinski definition) is 4. The first-order chi connectivity index (χ1) is 11.4. The van der Waals surface area contributed by atoms with Crippen molar-refractivity contribution in [1.29, 1.82) is 0 Å². The SMILES string of the molecule is CC1(C)C[C@H](NC(=O)c2cccc([N+](=O)[O-])c2)c2ccccc2O1. The first kappa shape index (κ1) is 16.0. The molecule has 0 saturated carbocycles. The van der Waals surface area contributed by atoms with Crippen LogP contribution in [0.3, 0.4) is 0 Å². The zero-order chi connectivity index (χ0) is 17.3. The van der Waals surface area contributed by atoms with Crippen LogP contribution in [0.5, 0.6) is 5.75 Å². The zero-order valence-corrected chi connectivity index (χ0v) is 13.5. The van der Waals surface area contributed by atoms with Crippen LogP contribution in [-0.2, 0) is 0 Å². The van der Waals surface area contributed by atoms with E-state index in [-0.39, 0.29) is 23.2 Å². The van der Waals surface area contributed by atoms with Gasteiger partial charge in [-0.15, -0.1) is 0 Å². The maximum atomic E-state index is 12.5. The normalized spacial score (nSPS) is 18.2. The van der Waals surface area contributed by atoms with Crippen LogP contribution in [0.4, 0.5) is 5.69 Å². The van der Waals surface area contributed by atoms with Crippen molar-refractivity contribution in [3.8, 4) is 5.75 Å². The molecular weight excluding hydrogens is 308 g/mol. The van der Waals surface area contributed by atoms with E-state index >= 15 is 0 Å². The predicted molar refractivity (Wildman–Crippen MR) is 89.1 cm³/mol. The van der Waals surface area contributed by atoms with E-state index in [0.717, 1.165) is 11.3 Å². The fourth-order valence-electron chi connectivity index (χ4n) is 2.93. The Kier molecular flexibility index (Phi) is 3.97. The van der Waals surface area contributed by atoms with Gasteiger partial charge < -0.3 is 10.1 Å². The Morgan fingerprint density at radius 2 is 2.00 bits per heavy atom. The molecule has 3 rings (SSSR count). The molecule has 0 aromatic heterocycles.